The molecule has 7 nitrogen and oxygen atoms in total. The fourth-order valence-corrected chi connectivity index (χ4v) is 1.47. The van der Waals surface area contributed by atoms with Gasteiger partial charge >= 0.3 is 5.69 Å². The van der Waals surface area contributed by atoms with Crippen molar-refractivity contribution in [3.8, 4) is 0 Å². The molecule has 0 fully saturated rings. The van der Waals surface area contributed by atoms with E-state index in [1.807, 2.05) is 0 Å². The topological polar surface area (TPSA) is 93.2 Å². The Bertz CT molecular complexity index is 380. The lowest BCUT2D eigenvalue weighted by Crippen LogP contribution is -2.32. The molecule has 2 N–H and O–H groups in total. The first-order chi connectivity index (χ1) is 8.52. The first-order valence-electron chi connectivity index (χ1n) is 6.08. The van der Waals surface area contributed by atoms with Crippen molar-refractivity contribution in [3.05, 3.63) is 22.5 Å². The van der Waals surface area contributed by atoms with Gasteiger partial charge in [0.1, 0.15) is 12.4 Å². The number of aliphatic hydroxyl groups is 1. The number of rotatable bonds is 8. The maximum Gasteiger partial charge on any atom is 0.306 e. The number of nitrogens with one attached hydrogen (secondary N) is 1. The molecule has 1 aromatic heterocycles. The highest BCUT2D eigenvalue weighted by Crippen LogP contribution is 2.08. The van der Waals surface area contributed by atoms with Crippen LogP contribution in [0.3, 0.4) is 0 Å². The van der Waals surface area contributed by atoms with Crippen LogP contribution in [-0.2, 0) is 6.54 Å². The van der Waals surface area contributed by atoms with Gasteiger partial charge in [-0.25, -0.2) is 0 Å². The molecule has 0 aliphatic carbocycles. The molecule has 0 radical (unpaired) electrons. The van der Waals surface area contributed by atoms with Crippen molar-refractivity contribution in [1.29, 1.82) is 0 Å². The molecule has 0 amide bonds. The summed E-state index contributed by atoms with van der Waals surface area (Å²) in [6.45, 7) is 5.81. The van der Waals surface area contributed by atoms with Crippen molar-refractivity contribution in [2.24, 2.45) is 5.92 Å². The van der Waals surface area contributed by atoms with Gasteiger partial charge in [0.2, 0.25) is 0 Å². The van der Waals surface area contributed by atoms with Crippen LogP contribution in [0.2, 0.25) is 0 Å². The zero-order valence-corrected chi connectivity index (χ0v) is 10.7. The van der Waals surface area contributed by atoms with E-state index in [0.717, 1.165) is 13.0 Å². The molecule has 1 heterocycles. The second-order valence-corrected chi connectivity index (χ2v) is 4.50. The average Bonchev–Trinajstić information content (AvgIpc) is 2.77. The lowest BCUT2D eigenvalue weighted by molar-refractivity contribution is -0.385. The summed E-state index contributed by atoms with van der Waals surface area (Å²) in [6, 6.07) is 0. The van der Waals surface area contributed by atoms with Gasteiger partial charge in [0.15, 0.2) is 0 Å². The van der Waals surface area contributed by atoms with Crippen LogP contribution in [0.1, 0.15) is 20.3 Å². The Labute approximate surface area is 106 Å². The Morgan fingerprint density at radius 2 is 2.33 bits per heavy atom. The predicted molar refractivity (Wildman–Crippen MR) is 67.2 cm³/mol. The Kier molecular flexibility index (Phi) is 5.73. The molecule has 0 aliphatic rings. The Balaban J connectivity index is 2.30. The third kappa shape index (κ3) is 4.80. The predicted octanol–water partition coefficient (Wildman–Crippen LogP) is 0.788. The molecule has 18 heavy (non-hydrogen) atoms. The molecule has 0 spiro atoms. The van der Waals surface area contributed by atoms with E-state index in [-0.39, 0.29) is 12.2 Å². The quantitative estimate of drug-likeness (QED) is 0.530. The van der Waals surface area contributed by atoms with Gasteiger partial charge in [-0.2, -0.15) is 5.10 Å². The van der Waals surface area contributed by atoms with Gasteiger partial charge in [-0.1, -0.05) is 20.3 Å². The van der Waals surface area contributed by atoms with Gasteiger partial charge < -0.3 is 10.4 Å². The van der Waals surface area contributed by atoms with E-state index < -0.39 is 11.0 Å². The third-order valence-corrected chi connectivity index (χ3v) is 2.80. The molecule has 0 saturated heterocycles. The van der Waals surface area contributed by atoms with Crippen molar-refractivity contribution in [2.75, 3.05) is 13.1 Å². The Morgan fingerprint density at radius 1 is 1.61 bits per heavy atom. The van der Waals surface area contributed by atoms with Crippen LogP contribution >= 0.6 is 0 Å². The Morgan fingerprint density at radius 3 is 2.89 bits per heavy atom. The summed E-state index contributed by atoms with van der Waals surface area (Å²) in [5, 5.41) is 27.2. The van der Waals surface area contributed by atoms with E-state index in [2.05, 4.69) is 24.3 Å². The largest absolute Gasteiger partial charge is 0.390 e. The van der Waals surface area contributed by atoms with Gasteiger partial charge in [0.05, 0.1) is 17.6 Å². The van der Waals surface area contributed by atoms with E-state index in [4.69, 9.17) is 0 Å². The molecular formula is C11H20N4O3. The number of hydrogen-bond acceptors (Lipinski definition) is 5. The summed E-state index contributed by atoms with van der Waals surface area (Å²) in [7, 11) is 0. The zero-order chi connectivity index (χ0) is 13.5. The van der Waals surface area contributed by atoms with Crippen LogP contribution in [0.4, 0.5) is 5.69 Å². The van der Waals surface area contributed by atoms with Crippen molar-refractivity contribution in [1.82, 2.24) is 15.1 Å². The maximum absolute atomic E-state index is 10.5. The molecule has 0 aromatic carbocycles. The smallest absolute Gasteiger partial charge is 0.306 e. The molecule has 2 unspecified atom stereocenters. The molecular weight excluding hydrogens is 236 g/mol. The molecule has 0 bridgehead atoms. The first-order valence-corrected chi connectivity index (χ1v) is 6.08. The van der Waals surface area contributed by atoms with Crippen molar-refractivity contribution < 1.29 is 10.0 Å². The summed E-state index contributed by atoms with van der Waals surface area (Å²) in [5.41, 5.74) is -0.0604. The maximum atomic E-state index is 10.5. The second kappa shape index (κ2) is 7.07. The van der Waals surface area contributed by atoms with Gasteiger partial charge in [-0.15, -0.1) is 0 Å². The molecule has 1 rings (SSSR count). The van der Waals surface area contributed by atoms with Crippen LogP contribution in [0, 0.1) is 16.0 Å². The zero-order valence-electron chi connectivity index (χ0n) is 10.7. The number of hydrogen-bond donors (Lipinski definition) is 2. The minimum absolute atomic E-state index is 0.0604. The van der Waals surface area contributed by atoms with Crippen molar-refractivity contribution in [2.45, 2.75) is 32.9 Å². The monoisotopic (exact) mass is 256 g/mol. The molecule has 102 valence electrons. The minimum Gasteiger partial charge on any atom is -0.390 e. The number of nitrogens with zero attached hydrogens (tertiary/aromatic N) is 3. The fourth-order valence-electron chi connectivity index (χ4n) is 1.47. The van der Waals surface area contributed by atoms with Gasteiger partial charge in [0.25, 0.3) is 0 Å². The summed E-state index contributed by atoms with van der Waals surface area (Å²) in [4.78, 5) is 9.95. The molecule has 0 aliphatic heterocycles. The normalized spacial score (nSPS) is 14.4. The second-order valence-electron chi connectivity index (χ2n) is 4.50. The van der Waals surface area contributed by atoms with Crippen LogP contribution in [-0.4, -0.2) is 39.0 Å². The van der Waals surface area contributed by atoms with Crippen LogP contribution in [0.5, 0.6) is 0 Å². The highest BCUT2D eigenvalue weighted by atomic mass is 16.6. The molecule has 7 heteroatoms. The highest BCUT2D eigenvalue weighted by Gasteiger charge is 2.11. The standard InChI is InChI=1S/C11H20N4O3/c1-3-9(2)4-12-6-11(16)8-14-7-10(5-13-14)15(17)18/h5,7,9,11-12,16H,3-4,6,8H2,1-2H3. The number of aliphatic hydroxyl groups excluding tert-OH is 1. The minimum atomic E-state index is -0.603. The molecule has 2 atom stereocenters. The van der Waals surface area contributed by atoms with E-state index in [1.165, 1.54) is 17.1 Å². The highest BCUT2D eigenvalue weighted by molar-refractivity contribution is 5.20. The first kappa shape index (κ1) is 14.6. The molecule has 1 aromatic rings. The summed E-state index contributed by atoms with van der Waals surface area (Å²) < 4.78 is 1.38. The van der Waals surface area contributed by atoms with E-state index >= 15 is 0 Å². The lowest BCUT2D eigenvalue weighted by Gasteiger charge is -2.14. The van der Waals surface area contributed by atoms with E-state index in [9.17, 15) is 15.2 Å². The summed E-state index contributed by atoms with van der Waals surface area (Å²) >= 11 is 0. The number of aromatic nitrogens is 2. The summed E-state index contributed by atoms with van der Waals surface area (Å²) in [5.74, 6) is 0.572. The third-order valence-electron chi connectivity index (χ3n) is 2.80. The molecule has 0 saturated carbocycles. The van der Waals surface area contributed by atoms with Crippen LogP contribution in [0.25, 0.3) is 0 Å². The van der Waals surface area contributed by atoms with Gasteiger partial charge in [-0.3, -0.25) is 14.8 Å². The summed E-state index contributed by atoms with van der Waals surface area (Å²) in [6.07, 6.45) is 2.99. The average molecular weight is 256 g/mol. The fraction of sp³-hybridized carbons (Fsp3) is 0.727. The number of nitro groups is 1. The lowest BCUT2D eigenvalue weighted by atomic mass is 10.1. The van der Waals surface area contributed by atoms with E-state index in [1.54, 1.807) is 0 Å². The van der Waals surface area contributed by atoms with Gasteiger partial charge in [0, 0.05) is 6.54 Å². The van der Waals surface area contributed by atoms with Crippen LogP contribution in [0.15, 0.2) is 12.4 Å². The SMILES string of the molecule is CCC(C)CNCC(O)Cn1cc([N+](=O)[O-])cn1. The Hall–Kier alpha value is -1.47. The van der Waals surface area contributed by atoms with E-state index in [0.29, 0.717) is 12.5 Å². The van der Waals surface area contributed by atoms with Crippen molar-refractivity contribution in [3.63, 3.8) is 0 Å². The van der Waals surface area contributed by atoms with Crippen molar-refractivity contribution >= 4 is 5.69 Å². The van der Waals surface area contributed by atoms with Crippen LogP contribution < -0.4 is 5.32 Å². The van der Waals surface area contributed by atoms with Gasteiger partial charge in [-0.05, 0) is 12.5 Å².